The first-order chi connectivity index (χ1) is 9.94. The summed E-state index contributed by atoms with van der Waals surface area (Å²) in [5.74, 6) is 0.453. The summed E-state index contributed by atoms with van der Waals surface area (Å²) in [6.07, 6.45) is 0. The highest BCUT2D eigenvalue weighted by Crippen LogP contribution is 2.25. The van der Waals surface area contributed by atoms with Crippen molar-refractivity contribution in [2.75, 3.05) is 17.6 Å². The minimum atomic E-state index is -3.53. The molecule has 9 nitrogen and oxygen atoms in total. The highest BCUT2D eigenvalue weighted by atomic mass is 32.2. The smallest absolute Gasteiger partial charge is 0.240 e. The molecule has 0 radical (unpaired) electrons. The molecule has 2 rings (SSSR count). The molecule has 2 aromatic rings. The Morgan fingerprint density at radius 3 is 2.81 bits per heavy atom. The topological polar surface area (TPSA) is 139 Å². The molecule has 1 atom stereocenters. The van der Waals surface area contributed by atoms with Crippen LogP contribution in [0.4, 0.5) is 11.4 Å². The van der Waals surface area contributed by atoms with Gasteiger partial charge >= 0.3 is 0 Å². The van der Waals surface area contributed by atoms with Crippen molar-refractivity contribution in [1.29, 1.82) is 0 Å². The minimum Gasteiger partial charge on any atom is -0.397 e. The minimum absolute atomic E-state index is 0.140. The van der Waals surface area contributed by atoms with E-state index in [9.17, 15) is 8.42 Å². The molecule has 0 aliphatic carbocycles. The highest BCUT2D eigenvalue weighted by molar-refractivity contribution is 7.89. The van der Waals surface area contributed by atoms with Crippen molar-refractivity contribution >= 4 is 21.4 Å². The zero-order valence-corrected chi connectivity index (χ0v) is 12.5. The van der Waals surface area contributed by atoms with Gasteiger partial charge in [-0.3, -0.25) is 0 Å². The molecule has 5 N–H and O–H groups in total. The predicted molar refractivity (Wildman–Crippen MR) is 77.9 cm³/mol. The Labute approximate surface area is 122 Å². The third-order valence-electron chi connectivity index (χ3n) is 2.79. The molecule has 1 unspecified atom stereocenters. The van der Waals surface area contributed by atoms with Crippen molar-refractivity contribution in [1.82, 2.24) is 25.3 Å². The normalized spacial score (nSPS) is 13.0. The lowest BCUT2D eigenvalue weighted by atomic mass is 10.2. The van der Waals surface area contributed by atoms with Crippen LogP contribution in [0.1, 0.15) is 25.7 Å². The van der Waals surface area contributed by atoms with Crippen molar-refractivity contribution in [2.45, 2.75) is 24.8 Å². The Morgan fingerprint density at radius 1 is 1.43 bits per heavy atom. The predicted octanol–water partition coefficient (Wildman–Crippen LogP) is 0.253. The number of nitrogen functional groups attached to an aromatic ring is 1. The van der Waals surface area contributed by atoms with E-state index < -0.39 is 10.0 Å². The van der Waals surface area contributed by atoms with Gasteiger partial charge in [0.15, 0.2) is 5.82 Å². The number of aromatic amines is 1. The van der Waals surface area contributed by atoms with Gasteiger partial charge in [0.25, 0.3) is 0 Å². The zero-order valence-electron chi connectivity index (χ0n) is 11.7. The zero-order chi connectivity index (χ0) is 15.5. The fourth-order valence-corrected chi connectivity index (χ4v) is 2.82. The maximum atomic E-state index is 12.0. The van der Waals surface area contributed by atoms with Gasteiger partial charge in [-0.1, -0.05) is 12.1 Å². The number of nitrogens with zero attached hydrogens (tertiary/aromatic N) is 3. The first-order valence-corrected chi connectivity index (χ1v) is 7.81. The number of rotatable bonds is 6. The molecule has 0 fully saturated rings. The van der Waals surface area contributed by atoms with Crippen LogP contribution in [0.25, 0.3) is 0 Å². The number of hydrogen-bond donors (Lipinski definition) is 4. The van der Waals surface area contributed by atoms with E-state index in [0.717, 1.165) is 0 Å². The Balaban J connectivity index is 2.28. The van der Waals surface area contributed by atoms with Crippen LogP contribution in [-0.2, 0) is 10.0 Å². The lowest BCUT2D eigenvalue weighted by Gasteiger charge is -2.15. The molecule has 21 heavy (non-hydrogen) atoms. The molecule has 0 spiro atoms. The Kier molecular flexibility index (Phi) is 4.38. The molecular formula is C11H17N7O2S. The number of anilines is 2. The van der Waals surface area contributed by atoms with E-state index in [4.69, 9.17) is 5.73 Å². The van der Waals surface area contributed by atoms with Gasteiger partial charge in [0.1, 0.15) is 0 Å². The van der Waals surface area contributed by atoms with Crippen molar-refractivity contribution < 1.29 is 8.42 Å². The molecule has 0 saturated heterocycles. The molecule has 1 aromatic carbocycles. The highest BCUT2D eigenvalue weighted by Gasteiger charge is 2.16. The van der Waals surface area contributed by atoms with Crippen molar-refractivity contribution in [3.05, 3.63) is 24.0 Å². The first-order valence-electron chi connectivity index (χ1n) is 6.33. The summed E-state index contributed by atoms with van der Waals surface area (Å²) in [4.78, 5) is 0.140. The van der Waals surface area contributed by atoms with Crippen molar-refractivity contribution in [3.63, 3.8) is 0 Å². The SMILES string of the molecule is CCNS(=O)(=O)c1ccc(N)c(NC(C)c2nn[nH]n2)c1. The largest absolute Gasteiger partial charge is 0.397 e. The number of aromatic nitrogens is 4. The Morgan fingerprint density at radius 2 is 2.19 bits per heavy atom. The molecule has 1 heterocycles. The molecule has 0 aliphatic rings. The van der Waals surface area contributed by atoms with Gasteiger partial charge in [-0.25, -0.2) is 13.1 Å². The second kappa shape index (κ2) is 6.06. The second-order valence-electron chi connectivity index (χ2n) is 4.39. The summed E-state index contributed by atoms with van der Waals surface area (Å²) >= 11 is 0. The number of benzene rings is 1. The molecule has 0 aliphatic heterocycles. The van der Waals surface area contributed by atoms with Crippen LogP contribution >= 0.6 is 0 Å². The van der Waals surface area contributed by atoms with Crippen LogP contribution in [-0.4, -0.2) is 35.6 Å². The summed E-state index contributed by atoms with van der Waals surface area (Å²) < 4.78 is 26.4. The maximum Gasteiger partial charge on any atom is 0.240 e. The summed E-state index contributed by atoms with van der Waals surface area (Å²) in [6.45, 7) is 3.84. The molecule has 0 bridgehead atoms. The van der Waals surface area contributed by atoms with Crippen LogP contribution in [0, 0.1) is 0 Å². The Bertz CT molecular complexity index is 699. The van der Waals surface area contributed by atoms with Crippen LogP contribution in [0.2, 0.25) is 0 Å². The number of H-pyrrole nitrogens is 1. The number of nitrogens with two attached hydrogens (primary N) is 1. The fraction of sp³-hybridized carbons (Fsp3) is 0.364. The van der Waals surface area contributed by atoms with Gasteiger partial charge < -0.3 is 11.1 Å². The van der Waals surface area contributed by atoms with Gasteiger partial charge in [0, 0.05) is 6.54 Å². The van der Waals surface area contributed by atoms with Gasteiger partial charge in [0.2, 0.25) is 10.0 Å². The maximum absolute atomic E-state index is 12.0. The summed E-state index contributed by atoms with van der Waals surface area (Å²) in [5.41, 5.74) is 6.79. The number of hydrogen-bond acceptors (Lipinski definition) is 7. The van der Waals surface area contributed by atoms with E-state index in [-0.39, 0.29) is 10.9 Å². The second-order valence-corrected chi connectivity index (χ2v) is 6.15. The van der Waals surface area contributed by atoms with Gasteiger partial charge in [-0.2, -0.15) is 5.21 Å². The van der Waals surface area contributed by atoms with E-state index in [1.807, 2.05) is 6.92 Å². The standard InChI is InChI=1S/C11H17N7O2S/c1-3-13-21(19,20)8-4-5-9(12)10(6-8)14-7(2)11-15-17-18-16-11/h4-7,13-14H,3,12H2,1-2H3,(H,15,16,17,18). The lowest BCUT2D eigenvalue weighted by molar-refractivity contribution is 0.584. The number of tetrazole rings is 1. The number of sulfonamides is 1. The van der Waals surface area contributed by atoms with Gasteiger partial charge in [-0.15, -0.1) is 10.2 Å². The van der Waals surface area contributed by atoms with Crippen LogP contribution in [0.15, 0.2) is 23.1 Å². The van der Waals surface area contributed by atoms with Crippen molar-refractivity contribution in [2.24, 2.45) is 0 Å². The molecule has 10 heteroatoms. The van der Waals surface area contributed by atoms with Crippen LogP contribution < -0.4 is 15.8 Å². The average molecular weight is 311 g/mol. The third kappa shape index (κ3) is 3.47. The first kappa shape index (κ1) is 15.2. The molecule has 1 aromatic heterocycles. The molecular weight excluding hydrogens is 294 g/mol. The van der Waals surface area contributed by atoms with E-state index in [1.54, 1.807) is 6.92 Å². The van der Waals surface area contributed by atoms with Gasteiger partial charge in [0.05, 0.1) is 22.3 Å². The van der Waals surface area contributed by atoms with E-state index >= 15 is 0 Å². The van der Waals surface area contributed by atoms with Gasteiger partial charge in [-0.05, 0) is 25.1 Å². The summed E-state index contributed by atoms with van der Waals surface area (Å²) in [5, 5.41) is 16.6. The molecule has 114 valence electrons. The molecule has 0 saturated carbocycles. The quantitative estimate of drug-likeness (QED) is 0.561. The monoisotopic (exact) mass is 311 g/mol. The number of nitrogens with one attached hydrogen (secondary N) is 3. The summed E-state index contributed by atoms with van der Waals surface area (Å²) in [7, 11) is -3.53. The van der Waals surface area contributed by atoms with Crippen LogP contribution in [0.5, 0.6) is 0 Å². The lowest BCUT2D eigenvalue weighted by Crippen LogP contribution is -2.23. The van der Waals surface area contributed by atoms with E-state index in [2.05, 4.69) is 30.7 Å². The average Bonchev–Trinajstić information content (AvgIpc) is 2.95. The van der Waals surface area contributed by atoms with Crippen LogP contribution in [0.3, 0.4) is 0 Å². The van der Waals surface area contributed by atoms with E-state index in [0.29, 0.717) is 23.7 Å². The fourth-order valence-electron chi connectivity index (χ4n) is 1.75. The van der Waals surface area contributed by atoms with Crippen molar-refractivity contribution in [3.8, 4) is 0 Å². The van der Waals surface area contributed by atoms with E-state index in [1.165, 1.54) is 18.2 Å². The molecule has 0 amide bonds. The third-order valence-corrected chi connectivity index (χ3v) is 4.33. The Hall–Kier alpha value is -2.20. The summed E-state index contributed by atoms with van der Waals surface area (Å²) in [6, 6.07) is 4.19.